The Bertz CT molecular complexity index is 326. The van der Waals surface area contributed by atoms with Gasteiger partial charge in [-0.3, -0.25) is 0 Å². The van der Waals surface area contributed by atoms with Crippen molar-refractivity contribution in [2.75, 3.05) is 13.1 Å². The molecule has 1 saturated heterocycles. The average molecular weight is 238 g/mol. The number of thiophene rings is 1. The van der Waals surface area contributed by atoms with Crippen LogP contribution in [0.2, 0.25) is 0 Å². The van der Waals surface area contributed by atoms with Crippen molar-refractivity contribution in [3.05, 3.63) is 21.9 Å². The number of rotatable bonds is 5. The van der Waals surface area contributed by atoms with Gasteiger partial charge in [-0.25, -0.2) is 0 Å². The summed E-state index contributed by atoms with van der Waals surface area (Å²) in [6.45, 7) is 7.78. The zero-order chi connectivity index (χ0) is 11.4. The lowest BCUT2D eigenvalue weighted by molar-refractivity contribution is 0.340. The summed E-state index contributed by atoms with van der Waals surface area (Å²) in [5.74, 6) is 0. The molecule has 1 aromatic rings. The second-order valence-electron chi connectivity index (χ2n) is 4.85. The molecule has 2 N–H and O–H groups in total. The molecule has 1 fully saturated rings. The van der Waals surface area contributed by atoms with E-state index < -0.39 is 0 Å². The molecule has 0 spiro atoms. The lowest BCUT2D eigenvalue weighted by Gasteiger charge is -2.28. The highest BCUT2D eigenvalue weighted by Gasteiger charge is 2.30. The van der Waals surface area contributed by atoms with Crippen LogP contribution in [0.1, 0.15) is 37.3 Å². The molecule has 2 rings (SSSR count). The van der Waals surface area contributed by atoms with Crippen LogP contribution < -0.4 is 10.6 Å². The van der Waals surface area contributed by atoms with Gasteiger partial charge in [-0.05, 0) is 54.6 Å². The second kappa shape index (κ2) is 5.30. The monoisotopic (exact) mass is 238 g/mol. The van der Waals surface area contributed by atoms with Crippen molar-refractivity contribution in [1.82, 2.24) is 10.6 Å². The molecule has 0 radical (unpaired) electrons. The second-order valence-corrected chi connectivity index (χ2v) is 5.59. The Kier molecular flexibility index (Phi) is 4.00. The Balaban J connectivity index is 1.81. The first-order valence-corrected chi connectivity index (χ1v) is 7.17. The Morgan fingerprint density at radius 2 is 2.38 bits per heavy atom. The van der Waals surface area contributed by atoms with E-state index in [0.29, 0.717) is 5.54 Å². The zero-order valence-corrected chi connectivity index (χ0v) is 11.1. The summed E-state index contributed by atoms with van der Waals surface area (Å²) in [5, 5.41) is 11.7. The largest absolute Gasteiger partial charge is 0.311 e. The summed E-state index contributed by atoms with van der Waals surface area (Å²) < 4.78 is 0. The van der Waals surface area contributed by atoms with Crippen molar-refractivity contribution in [3.8, 4) is 0 Å². The molecule has 0 saturated carbocycles. The maximum Gasteiger partial charge on any atom is 0.0304 e. The first-order chi connectivity index (χ1) is 7.76. The lowest BCUT2D eigenvalue weighted by atomic mass is 9.94. The minimum absolute atomic E-state index is 0.365. The molecule has 0 aromatic carbocycles. The summed E-state index contributed by atoms with van der Waals surface area (Å²) in [6.07, 6.45) is 3.87. The number of hydrogen-bond donors (Lipinski definition) is 2. The van der Waals surface area contributed by atoms with Gasteiger partial charge in [-0.15, -0.1) is 0 Å². The van der Waals surface area contributed by atoms with E-state index in [1.807, 2.05) is 0 Å². The van der Waals surface area contributed by atoms with Gasteiger partial charge in [0.05, 0.1) is 0 Å². The highest BCUT2D eigenvalue weighted by atomic mass is 32.1. The standard InChI is InChI=1S/C13H22N2S/c1-3-13(5-4-6-15-13)10-14-7-12-9-16-8-11(12)2/h8-9,14-15H,3-7,10H2,1-2H3. The van der Waals surface area contributed by atoms with E-state index in [1.165, 1.54) is 36.9 Å². The fourth-order valence-electron chi connectivity index (χ4n) is 2.45. The average Bonchev–Trinajstić information content (AvgIpc) is 2.90. The van der Waals surface area contributed by atoms with E-state index >= 15 is 0 Å². The number of hydrogen-bond acceptors (Lipinski definition) is 3. The maximum atomic E-state index is 3.65. The third kappa shape index (κ3) is 2.65. The van der Waals surface area contributed by atoms with Gasteiger partial charge in [-0.1, -0.05) is 6.92 Å². The molecule has 0 bridgehead atoms. The normalized spacial score (nSPS) is 25.1. The van der Waals surface area contributed by atoms with Gasteiger partial charge in [0.25, 0.3) is 0 Å². The summed E-state index contributed by atoms with van der Waals surface area (Å²) in [4.78, 5) is 0. The van der Waals surface area contributed by atoms with Gasteiger partial charge in [0.15, 0.2) is 0 Å². The predicted octanol–water partition coefficient (Wildman–Crippen LogP) is 2.68. The van der Waals surface area contributed by atoms with E-state index in [4.69, 9.17) is 0 Å². The molecule has 2 heterocycles. The molecule has 1 aromatic heterocycles. The molecule has 3 heteroatoms. The third-order valence-corrected chi connectivity index (χ3v) is 4.66. The summed E-state index contributed by atoms with van der Waals surface area (Å²) >= 11 is 1.80. The van der Waals surface area contributed by atoms with Crippen molar-refractivity contribution in [2.45, 2.75) is 45.2 Å². The fourth-order valence-corrected chi connectivity index (χ4v) is 3.31. The Morgan fingerprint density at radius 1 is 1.50 bits per heavy atom. The van der Waals surface area contributed by atoms with Crippen LogP contribution in [0.3, 0.4) is 0 Å². The van der Waals surface area contributed by atoms with Crippen molar-refractivity contribution in [1.29, 1.82) is 0 Å². The SMILES string of the molecule is CCC1(CNCc2cscc2C)CCCN1. The molecule has 1 atom stereocenters. The van der Waals surface area contributed by atoms with Crippen LogP contribution in [0.4, 0.5) is 0 Å². The van der Waals surface area contributed by atoms with Crippen LogP contribution in [-0.4, -0.2) is 18.6 Å². The zero-order valence-electron chi connectivity index (χ0n) is 10.3. The summed E-state index contributed by atoms with van der Waals surface area (Å²) in [5.41, 5.74) is 3.24. The van der Waals surface area contributed by atoms with Crippen molar-refractivity contribution in [3.63, 3.8) is 0 Å². The van der Waals surface area contributed by atoms with Crippen LogP contribution in [-0.2, 0) is 6.54 Å². The van der Waals surface area contributed by atoms with Crippen LogP contribution in [0.5, 0.6) is 0 Å². The van der Waals surface area contributed by atoms with Gasteiger partial charge in [0.2, 0.25) is 0 Å². The van der Waals surface area contributed by atoms with Crippen molar-refractivity contribution < 1.29 is 0 Å². The minimum Gasteiger partial charge on any atom is -0.311 e. The Morgan fingerprint density at radius 3 is 2.94 bits per heavy atom. The molecule has 90 valence electrons. The van der Waals surface area contributed by atoms with E-state index in [1.54, 1.807) is 11.3 Å². The van der Waals surface area contributed by atoms with Crippen molar-refractivity contribution in [2.24, 2.45) is 0 Å². The van der Waals surface area contributed by atoms with Crippen molar-refractivity contribution >= 4 is 11.3 Å². The molecule has 0 aliphatic carbocycles. The van der Waals surface area contributed by atoms with Crippen LogP contribution in [0.15, 0.2) is 10.8 Å². The van der Waals surface area contributed by atoms with Gasteiger partial charge in [0.1, 0.15) is 0 Å². The summed E-state index contributed by atoms with van der Waals surface area (Å²) in [6, 6.07) is 0. The van der Waals surface area contributed by atoms with Gasteiger partial charge >= 0.3 is 0 Å². The topological polar surface area (TPSA) is 24.1 Å². The third-order valence-electron chi connectivity index (χ3n) is 3.75. The molecular weight excluding hydrogens is 216 g/mol. The van der Waals surface area contributed by atoms with Gasteiger partial charge < -0.3 is 10.6 Å². The number of aryl methyl sites for hydroxylation is 1. The quantitative estimate of drug-likeness (QED) is 0.824. The van der Waals surface area contributed by atoms with Crippen LogP contribution >= 0.6 is 11.3 Å². The first kappa shape index (κ1) is 12.1. The van der Waals surface area contributed by atoms with E-state index in [9.17, 15) is 0 Å². The molecule has 0 amide bonds. The molecule has 1 aliphatic rings. The maximum absolute atomic E-state index is 3.65. The van der Waals surface area contributed by atoms with E-state index in [-0.39, 0.29) is 0 Å². The van der Waals surface area contributed by atoms with Gasteiger partial charge in [0, 0.05) is 18.6 Å². The number of nitrogens with one attached hydrogen (secondary N) is 2. The van der Waals surface area contributed by atoms with Crippen LogP contribution in [0.25, 0.3) is 0 Å². The molecule has 2 nitrogen and oxygen atoms in total. The van der Waals surface area contributed by atoms with E-state index in [2.05, 4.69) is 35.2 Å². The lowest BCUT2D eigenvalue weighted by Crippen LogP contribution is -2.47. The van der Waals surface area contributed by atoms with E-state index in [0.717, 1.165) is 13.1 Å². The Labute approximate surface area is 102 Å². The van der Waals surface area contributed by atoms with Gasteiger partial charge in [-0.2, -0.15) is 11.3 Å². The first-order valence-electron chi connectivity index (χ1n) is 6.23. The summed E-state index contributed by atoms with van der Waals surface area (Å²) in [7, 11) is 0. The minimum atomic E-state index is 0.365. The highest BCUT2D eigenvalue weighted by Crippen LogP contribution is 2.22. The predicted molar refractivity (Wildman–Crippen MR) is 71.0 cm³/mol. The van der Waals surface area contributed by atoms with Crippen LogP contribution in [0, 0.1) is 6.92 Å². The molecular formula is C13H22N2S. The fraction of sp³-hybridized carbons (Fsp3) is 0.692. The Hall–Kier alpha value is -0.380. The molecule has 1 unspecified atom stereocenters. The molecule has 16 heavy (non-hydrogen) atoms. The highest BCUT2D eigenvalue weighted by molar-refractivity contribution is 7.08. The molecule has 1 aliphatic heterocycles. The smallest absolute Gasteiger partial charge is 0.0304 e.